The minimum absolute atomic E-state index is 0.0465. The predicted octanol–water partition coefficient (Wildman–Crippen LogP) is 4.60. The molecule has 5 aromatic rings. The maximum atomic E-state index is 11.8. The van der Waals surface area contributed by atoms with Crippen molar-refractivity contribution in [1.82, 2.24) is 9.97 Å². The molecule has 0 spiro atoms. The molecule has 0 fully saturated rings. The molecule has 0 aliphatic heterocycles. The largest absolute Gasteiger partial charge is 0.437 e. The fraction of sp³-hybridized carbons (Fsp3) is 0. The number of hydrogen-bond donors (Lipinski definition) is 2. The van der Waals surface area contributed by atoms with Crippen LogP contribution in [0.5, 0.6) is 0 Å². The monoisotopic (exact) mass is 386 g/mol. The average Bonchev–Trinajstić information content (AvgIpc) is 2.68. The maximum Gasteiger partial charge on any atom is 0.231 e. The Hall–Kier alpha value is -3.82. The molecule has 0 radical (unpaired) electrons. The lowest BCUT2D eigenvalue weighted by atomic mass is 10.0. The lowest BCUT2D eigenvalue weighted by Gasteiger charge is -2.14. The second kappa shape index (κ2) is 5.84. The highest BCUT2D eigenvalue weighted by Crippen LogP contribution is 2.38. The van der Waals surface area contributed by atoms with Crippen molar-refractivity contribution < 1.29 is 4.42 Å². The van der Waals surface area contributed by atoms with Gasteiger partial charge in [-0.25, -0.2) is 0 Å². The minimum atomic E-state index is -0.172. The number of rotatable bonds is 1. The third-order valence-electron chi connectivity index (χ3n) is 4.74. The van der Waals surface area contributed by atoms with Gasteiger partial charge in [0.05, 0.1) is 10.9 Å². The second-order valence-corrected chi connectivity index (χ2v) is 6.78. The predicted molar refractivity (Wildman–Crippen MR) is 109 cm³/mol. The molecule has 0 saturated carbocycles. The number of halogens is 1. The van der Waals surface area contributed by atoms with Crippen molar-refractivity contribution >= 4 is 50.4 Å². The van der Waals surface area contributed by atoms with Gasteiger partial charge in [0.2, 0.25) is 5.71 Å². The molecular formula is C21H11ClN4O2. The van der Waals surface area contributed by atoms with Gasteiger partial charge in [-0.05, 0) is 24.3 Å². The highest BCUT2D eigenvalue weighted by Gasteiger charge is 2.19. The number of nitriles is 1. The summed E-state index contributed by atoms with van der Waals surface area (Å²) in [5, 5.41) is 12.3. The Labute approximate surface area is 162 Å². The summed E-state index contributed by atoms with van der Waals surface area (Å²) in [6, 6.07) is 16.0. The molecule has 0 unspecified atom stereocenters. The molecule has 3 N–H and O–H groups in total. The summed E-state index contributed by atoms with van der Waals surface area (Å²) >= 11 is 6.39. The van der Waals surface area contributed by atoms with E-state index < -0.39 is 0 Å². The fourth-order valence-electron chi connectivity index (χ4n) is 3.48. The van der Waals surface area contributed by atoms with Gasteiger partial charge in [0.25, 0.3) is 0 Å². The molecule has 134 valence electrons. The van der Waals surface area contributed by atoms with E-state index in [0.717, 1.165) is 16.3 Å². The van der Waals surface area contributed by atoms with Crippen molar-refractivity contribution in [2.24, 2.45) is 0 Å². The van der Waals surface area contributed by atoms with E-state index in [1.807, 2.05) is 24.3 Å². The van der Waals surface area contributed by atoms with Crippen LogP contribution in [0.1, 0.15) is 5.56 Å². The number of hydrogen-bond acceptors (Lipinski definition) is 5. The zero-order valence-corrected chi connectivity index (χ0v) is 15.0. The summed E-state index contributed by atoms with van der Waals surface area (Å²) in [5.74, 6) is 0.0465. The van der Waals surface area contributed by atoms with E-state index in [0.29, 0.717) is 27.2 Å². The minimum Gasteiger partial charge on any atom is -0.437 e. The van der Waals surface area contributed by atoms with Crippen LogP contribution >= 0.6 is 11.6 Å². The van der Waals surface area contributed by atoms with Crippen molar-refractivity contribution in [3.63, 3.8) is 0 Å². The summed E-state index contributed by atoms with van der Waals surface area (Å²) < 4.78 is 5.83. The molecule has 2 aromatic carbocycles. The molecule has 0 bridgehead atoms. The average molecular weight is 387 g/mol. The third-order valence-corrected chi connectivity index (χ3v) is 5.06. The molecule has 0 saturated heterocycles. The Bertz CT molecular complexity index is 1530. The Morgan fingerprint density at radius 2 is 1.96 bits per heavy atom. The molecule has 0 aliphatic rings. The van der Waals surface area contributed by atoms with E-state index in [1.54, 1.807) is 12.1 Å². The molecular weight excluding hydrogens is 376 g/mol. The van der Waals surface area contributed by atoms with Gasteiger partial charge in [0, 0.05) is 33.1 Å². The normalized spacial score (nSPS) is 11.3. The number of H-pyrrole nitrogens is 1. The van der Waals surface area contributed by atoms with E-state index >= 15 is 0 Å². The molecule has 7 heteroatoms. The van der Waals surface area contributed by atoms with Crippen LogP contribution in [0, 0.1) is 11.3 Å². The Morgan fingerprint density at radius 3 is 2.75 bits per heavy atom. The van der Waals surface area contributed by atoms with E-state index in [2.05, 4.69) is 16.0 Å². The molecule has 0 atom stereocenters. The molecule has 0 aliphatic carbocycles. The van der Waals surface area contributed by atoms with Crippen molar-refractivity contribution in [3.05, 3.63) is 69.3 Å². The Balaban J connectivity index is 2.07. The maximum absolute atomic E-state index is 11.8. The fourth-order valence-corrected chi connectivity index (χ4v) is 3.72. The first-order valence-electron chi connectivity index (χ1n) is 8.40. The van der Waals surface area contributed by atoms with E-state index in [1.165, 1.54) is 12.1 Å². The number of fused-ring (bicyclic) bond motifs is 2. The number of nitrogen functional groups attached to an aromatic ring is 1. The summed E-state index contributed by atoms with van der Waals surface area (Å²) in [6.07, 6.45) is 0. The summed E-state index contributed by atoms with van der Waals surface area (Å²) in [5.41, 5.74) is 8.69. The van der Waals surface area contributed by atoms with Crippen LogP contribution in [0.25, 0.3) is 44.2 Å². The summed E-state index contributed by atoms with van der Waals surface area (Å²) in [7, 11) is 0. The van der Waals surface area contributed by atoms with Crippen molar-refractivity contribution in [2.45, 2.75) is 0 Å². The van der Waals surface area contributed by atoms with Crippen LogP contribution in [-0.4, -0.2) is 9.97 Å². The van der Waals surface area contributed by atoms with Crippen molar-refractivity contribution in [3.8, 4) is 17.3 Å². The standard InChI is InChI=1S/C21H11ClN4O2/c22-15-4-2-1-3-12(15)16-8-13-11-6-5-10(27)7-17(11)28-21-18(13)19(25-16)14(9-23)20(24)26-21/h1-8,25H,(H2,24,26). The van der Waals surface area contributed by atoms with Crippen LogP contribution in [0.3, 0.4) is 0 Å². The number of anilines is 1. The van der Waals surface area contributed by atoms with Gasteiger partial charge in [-0.2, -0.15) is 10.2 Å². The van der Waals surface area contributed by atoms with Gasteiger partial charge in [-0.1, -0.05) is 29.8 Å². The number of aromatic amines is 1. The van der Waals surface area contributed by atoms with Crippen molar-refractivity contribution in [1.29, 1.82) is 5.26 Å². The van der Waals surface area contributed by atoms with Crippen LogP contribution in [0.15, 0.2) is 57.7 Å². The van der Waals surface area contributed by atoms with Crippen LogP contribution < -0.4 is 11.2 Å². The van der Waals surface area contributed by atoms with Gasteiger partial charge in [-0.3, -0.25) is 4.79 Å². The molecule has 3 aromatic heterocycles. The first kappa shape index (κ1) is 16.4. The number of aromatic nitrogens is 2. The first-order chi connectivity index (χ1) is 13.6. The van der Waals surface area contributed by atoms with Crippen LogP contribution in [0.4, 0.5) is 5.82 Å². The Kier molecular flexibility index (Phi) is 3.41. The van der Waals surface area contributed by atoms with E-state index in [9.17, 15) is 10.1 Å². The van der Waals surface area contributed by atoms with E-state index in [-0.39, 0.29) is 22.5 Å². The highest BCUT2D eigenvalue weighted by molar-refractivity contribution is 6.33. The lowest BCUT2D eigenvalue weighted by Crippen LogP contribution is -2.01. The zero-order chi connectivity index (χ0) is 19.4. The van der Waals surface area contributed by atoms with Crippen molar-refractivity contribution in [2.75, 3.05) is 5.73 Å². The molecule has 28 heavy (non-hydrogen) atoms. The Morgan fingerprint density at radius 1 is 1.14 bits per heavy atom. The van der Waals surface area contributed by atoms with Crippen LogP contribution in [0.2, 0.25) is 5.02 Å². The second-order valence-electron chi connectivity index (χ2n) is 6.38. The molecule has 0 amide bonds. The van der Waals surface area contributed by atoms with Gasteiger partial charge in [0.15, 0.2) is 5.43 Å². The van der Waals surface area contributed by atoms with E-state index in [4.69, 9.17) is 21.8 Å². The number of benzene rings is 2. The summed E-state index contributed by atoms with van der Waals surface area (Å²) in [4.78, 5) is 19.3. The van der Waals surface area contributed by atoms with Gasteiger partial charge < -0.3 is 15.1 Å². The van der Waals surface area contributed by atoms with Crippen LogP contribution in [-0.2, 0) is 0 Å². The molecule has 6 nitrogen and oxygen atoms in total. The number of nitrogens with zero attached hydrogens (tertiary/aromatic N) is 2. The molecule has 5 rings (SSSR count). The number of nitrogens with one attached hydrogen (secondary N) is 1. The number of pyridine rings is 2. The highest BCUT2D eigenvalue weighted by atomic mass is 35.5. The lowest BCUT2D eigenvalue weighted by molar-refractivity contribution is 0.647. The van der Waals surface area contributed by atoms with Gasteiger partial charge in [0.1, 0.15) is 23.0 Å². The third kappa shape index (κ3) is 2.27. The number of nitrogens with two attached hydrogens (primary N) is 1. The topological polar surface area (TPSA) is 109 Å². The quantitative estimate of drug-likeness (QED) is 0.323. The molecule has 3 heterocycles. The zero-order valence-electron chi connectivity index (χ0n) is 14.3. The first-order valence-corrected chi connectivity index (χ1v) is 8.78. The SMILES string of the molecule is N#Cc1c(N)nc2oc3cc(=O)ccc3c3cc(-c4ccccc4Cl)[nH]c1c23. The summed E-state index contributed by atoms with van der Waals surface area (Å²) in [6.45, 7) is 0. The van der Waals surface area contributed by atoms with Gasteiger partial charge >= 0.3 is 0 Å². The van der Waals surface area contributed by atoms with Gasteiger partial charge in [-0.15, -0.1) is 0 Å². The smallest absolute Gasteiger partial charge is 0.231 e.